The zero-order valence-corrected chi connectivity index (χ0v) is 11.7. The number of hydrogen-bond donors (Lipinski definition) is 3. The third kappa shape index (κ3) is 1.86. The van der Waals surface area contributed by atoms with Crippen molar-refractivity contribution in [2.24, 2.45) is 0 Å². The molecule has 0 saturated carbocycles. The van der Waals surface area contributed by atoms with E-state index in [1.807, 2.05) is 24.3 Å². The summed E-state index contributed by atoms with van der Waals surface area (Å²) in [5.74, 6) is -0.651. The van der Waals surface area contributed by atoms with Gasteiger partial charge in [0.1, 0.15) is 5.82 Å². The fourth-order valence-electron chi connectivity index (χ4n) is 3.09. The Morgan fingerprint density at radius 2 is 1.91 bits per heavy atom. The third-order valence-corrected chi connectivity index (χ3v) is 4.07. The minimum Gasteiger partial charge on any atom is -0.399 e. The topological polar surface area (TPSA) is 70.9 Å². The predicted molar refractivity (Wildman–Crippen MR) is 84.1 cm³/mol. The van der Waals surface area contributed by atoms with Crippen molar-refractivity contribution in [3.63, 3.8) is 0 Å². The zero-order valence-electron chi connectivity index (χ0n) is 11.7. The van der Waals surface area contributed by atoms with E-state index >= 15 is 0 Å². The number of nitrogen functional groups attached to an aromatic ring is 1. The van der Waals surface area contributed by atoms with Crippen LogP contribution in [-0.4, -0.2) is 17.4 Å². The fraction of sp³-hybridized carbons (Fsp3) is 0.118. The van der Waals surface area contributed by atoms with Crippen molar-refractivity contribution in [1.82, 2.24) is 10.3 Å². The number of aromatic nitrogens is 1. The first-order valence-corrected chi connectivity index (χ1v) is 7.11. The molecule has 4 nitrogen and oxygen atoms in total. The molecule has 1 aliphatic rings. The molecule has 4 rings (SSSR count). The van der Waals surface area contributed by atoms with Crippen LogP contribution in [0.1, 0.15) is 15.9 Å². The number of benzene rings is 2. The molecule has 0 spiro atoms. The van der Waals surface area contributed by atoms with E-state index in [4.69, 9.17) is 5.73 Å². The Labute approximate surface area is 126 Å². The van der Waals surface area contributed by atoms with Gasteiger partial charge in [0.05, 0.1) is 5.56 Å². The first-order valence-electron chi connectivity index (χ1n) is 7.11. The van der Waals surface area contributed by atoms with Crippen molar-refractivity contribution in [3.05, 3.63) is 53.3 Å². The van der Waals surface area contributed by atoms with Gasteiger partial charge in [0, 0.05) is 28.8 Å². The van der Waals surface area contributed by atoms with Crippen LogP contribution in [0.25, 0.3) is 22.2 Å². The summed E-state index contributed by atoms with van der Waals surface area (Å²) in [5.41, 5.74) is 10.4. The monoisotopic (exact) mass is 295 g/mol. The zero-order chi connectivity index (χ0) is 15.3. The van der Waals surface area contributed by atoms with E-state index in [0.29, 0.717) is 29.7 Å². The molecule has 0 radical (unpaired) electrons. The molecule has 4 N–H and O–H groups in total. The standard InChI is InChI=1S/C17H14FN3O/c18-10-7-13-15-12(5-6-20-17(13)22)16(21-14(15)8-10)9-1-3-11(19)4-2-9/h1-4,7-8,21H,5-6,19H2,(H,20,22). The van der Waals surface area contributed by atoms with E-state index in [2.05, 4.69) is 10.3 Å². The molecule has 0 bridgehead atoms. The van der Waals surface area contributed by atoms with Crippen molar-refractivity contribution in [2.75, 3.05) is 12.3 Å². The summed E-state index contributed by atoms with van der Waals surface area (Å²) in [6.45, 7) is 0.532. The number of nitrogens with one attached hydrogen (secondary N) is 2. The summed E-state index contributed by atoms with van der Waals surface area (Å²) in [5, 5.41) is 3.62. The fourth-order valence-corrected chi connectivity index (χ4v) is 3.09. The lowest BCUT2D eigenvalue weighted by Crippen LogP contribution is -2.23. The maximum absolute atomic E-state index is 13.8. The Hall–Kier alpha value is -2.82. The van der Waals surface area contributed by atoms with Gasteiger partial charge < -0.3 is 16.0 Å². The Kier molecular flexibility index (Phi) is 2.69. The van der Waals surface area contributed by atoms with Crippen LogP contribution < -0.4 is 11.1 Å². The van der Waals surface area contributed by atoms with Gasteiger partial charge in [-0.15, -0.1) is 0 Å². The number of nitrogens with two attached hydrogens (primary N) is 1. The SMILES string of the molecule is Nc1ccc(-c2[nH]c3cc(F)cc4c3c2CCNC4=O)cc1. The van der Waals surface area contributed by atoms with Crippen molar-refractivity contribution >= 4 is 22.5 Å². The smallest absolute Gasteiger partial charge is 0.252 e. The van der Waals surface area contributed by atoms with Gasteiger partial charge >= 0.3 is 0 Å². The number of aromatic amines is 1. The number of amides is 1. The molecule has 2 aromatic carbocycles. The average molecular weight is 295 g/mol. The number of carbonyl (C=O) groups excluding carboxylic acids is 1. The number of hydrogen-bond acceptors (Lipinski definition) is 2. The summed E-state index contributed by atoms with van der Waals surface area (Å²) in [4.78, 5) is 15.4. The number of H-pyrrole nitrogens is 1. The second-order valence-electron chi connectivity index (χ2n) is 5.48. The highest BCUT2D eigenvalue weighted by atomic mass is 19.1. The van der Waals surface area contributed by atoms with Crippen LogP contribution in [0.5, 0.6) is 0 Å². The maximum atomic E-state index is 13.8. The van der Waals surface area contributed by atoms with Gasteiger partial charge in [-0.1, -0.05) is 12.1 Å². The highest BCUT2D eigenvalue weighted by Crippen LogP contribution is 2.34. The van der Waals surface area contributed by atoms with Crippen LogP contribution in [0.2, 0.25) is 0 Å². The van der Waals surface area contributed by atoms with Gasteiger partial charge in [-0.05, 0) is 41.8 Å². The molecule has 1 amide bonds. The third-order valence-electron chi connectivity index (χ3n) is 4.07. The molecule has 1 aromatic heterocycles. The molecule has 2 heterocycles. The molecule has 5 heteroatoms. The molecule has 0 saturated heterocycles. The molecule has 3 aromatic rings. The van der Waals surface area contributed by atoms with Crippen molar-refractivity contribution in [1.29, 1.82) is 0 Å². The highest BCUT2D eigenvalue weighted by molar-refractivity contribution is 6.10. The molecule has 110 valence electrons. The number of carbonyl (C=O) groups is 1. The van der Waals surface area contributed by atoms with Crippen LogP contribution in [0.3, 0.4) is 0 Å². The molecule has 1 aliphatic heterocycles. The second kappa shape index (κ2) is 4.59. The Morgan fingerprint density at radius 1 is 1.14 bits per heavy atom. The largest absolute Gasteiger partial charge is 0.399 e. The first-order chi connectivity index (χ1) is 10.6. The molecular weight excluding hydrogens is 281 g/mol. The molecule has 0 unspecified atom stereocenters. The van der Waals surface area contributed by atoms with Crippen molar-refractivity contribution < 1.29 is 9.18 Å². The molecule has 22 heavy (non-hydrogen) atoms. The molecule has 0 atom stereocenters. The molecular formula is C17H14FN3O. The van der Waals surface area contributed by atoms with Gasteiger partial charge in [0.2, 0.25) is 0 Å². The van der Waals surface area contributed by atoms with E-state index in [1.165, 1.54) is 12.1 Å². The van der Waals surface area contributed by atoms with E-state index in [0.717, 1.165) is 22.2 Å². The van der Waals surface area contributed by atoms with Gasteiger partial charge in [-0.2, -0.15) is 0 Å². The van der Waals surface area contributed by atoms with Gasteiger partial charge in [-0.25, -0.2) is 4.39 Å². The summed E-state index contributed by atoms with van der Waals surface area (Å²) < 4.78 is 13.8. The van der Waals surface area contributed by atoms with Crippen molar-refractivity contribution in [2.45, 2.75) is 6.42 Å². The summed E-state index contributed by atoms with van der Waals surface area (Å²) in [6.07, 6.45) is 0.698. The summed E-state index contributed by atoms with van der Waals surface area (Å²) >= 11 is 0. The number of halogens is 1. The highest BCUT2D eigenvalue weighted by Gasteiger charge is 2.23. The van der Waals surface area contributed by atoms with Crippen LogP contribution in [0, 0.1) is 5.82 Å². The number of rotatable bonds is 1. The van der Waals surface area contributed by atoms with Crippen LogP contribution >= 0.6 is 0 Å². The quantitative estimate of drug-likeness (QED) is 0.604. The van der Waals surface area contributed by atoms with Crippen molar-refractivity contribution in [3.8, 4) is 11.3 Å². The normalized spacial score (nSPS) is 14.0. The minimum absolute atomic E-state index is 0.230. The van der Waals surface area contributed by atoms with Crippen LogP contribution in [0.4, 0.5) is 10.1 Å². The summed E-state index contributed by atoms with van der Waals surface area (Å²) in [6, 6.07) is 10.2. The Morgan fingerprint density at radius 3 is 2.68 bits per heavy atom. The Balaban J connectivity index is 2.04. The lowest BCUT2D eigenvalue weighted by molar-refractivity contribution is 0.0957. The van der Waals surface area contributed by atoms with Gasteiger partial charge in [0.15, 0.2) is 0 Å². The maximum Gasteiger partial charge on any atom is 0.252 e. The average Bonchev–Trinajstić information content (AvgIpc) is 2.76. The van der Waals surface area contributed by atoms with Crippen LogP contribution in [0.15, 0.2) is 36.4 Å². The van der Waals surface area contributed by atoms with Gasteiger partial charge in [0.25, 0.3) is 5.91 Å². The number of anilines is 1. The summed E-state index contributed by atoms with van der Waals surface area (Å²) in [7, 11) is 0. The van der Waals surface area contributed by atoms with E-state index in [9.17, 15) is 9.18 Å². The second-order valence-corrected chi connectivity index (χ2v) is 5.48. The lowest BCUT2D eigenvalue weighted by Gasteiger charge is -2.04. The minimum atomic E-state index is -0.420. The molecule has 0 fully saturated rings. The first kappa shape index (κ1) is 12.9. The molecule has 0 aliphatic carbocycles. The van der Waals surface area contributed by atoms with E-state index in [1.54, 1.807) is 0 Å². The van der Waals surface area contributed by atoms with Gasteiger partial charge in [-0.3, -0.25) is 4.79 Å². The van der Waals surface area contributed by atoms with E-state index < -0.39 is 5.82 Å². The predicted octanol–water partition coefficient (Wildman–Crippen LogP) is 2.84. The lowest BCUT2D eigenvalue weighted by atomic mass is 10.00. The Bertz CT molecular complexity index is 896. The van der Waals surface area contributed by atoms with Crippen LogP contribution in [-0.2, 0) is 6.42 Å². The van der Waals surface area contributed by atoms with E-state index in [-0.39, 0.29) is 5.91 Å².